The molecule has 0 fully saturated rings. The van der Waals surface area contributed by atoms with Crippen molar-refractivity contribution in [3.8, 4) is 0 Å². The van der Waals surface area contributed by atoms with Crippen LogP contribution in [0.3, 0.4) is 0 Å². The maximum atomic E-state index is 2.12. The van der Waals surface area contributed by atoms with Crippen molar-refractivity contribution < 1.29 is 0 Å². The molecule has 0 amide bonds. The number of hydrogen-bond donors (Lipinski definition) is 0. The zero-order valence-electron chi connectivity index (χ0n) is 3.71. The molecular formula is C3H8Cs. The molecule has 0 aromatic carbocycles. The van der Waals surface area contributed by atoms with Crippen molar-refractivity contribution in [3.05, 3.63) is 0 Å². The van der Waals surface area contributed by atoms with Gasteiger partial charge in [0.1, 0.15) is 0 Å². The van der Waals surface area contributed by atoms with E-state index in [1.165, 1.54) is 6.42 Å². The molecule has 0 saturated heterocycles. The van der Waals surface area contributed by atoms with E-state index in [4.69, 9.17) is 0 Å². The van der Waals surface area contributed by atoms with Gasteiger partial charge in [-0.2, -0.15) is 0 Å². The summed E-state index contributed by atoms with van der Waals surface area (Å²) in [5.41, 5.74) is 0. The summed E-state index contributed by atoms with van der Waals surface area (Å²) in [6.45, 7) is 4.25. The van der Waals surface area contributed by atoms with Gasteiger partial charge < -0.3 is 0 Å². The monoisotopic (exact) mass is 177 g/mol. The van der Waals surface area contributed by atoms with Crippen molar-refractivity contribution in [1.29, 1.82) is 0 Å². The van der Waals surface area contributed by atoms with Crippen LogP contribution in [0.4, 0.5) is 0 Å². The van der Waals surface area contributed by atoms with Crippen molar-refractivity contribution in [2.45, 2.75) is 20.3 Å². The van der Waals surface area contributed by atoms with Crippen LogP contribution in [0.15, 0.2) is 0 Å². The molecular weight excluding hydrogens is 169 g/mol. The SMILES string of the molecule is CCC.[Cs]. The summed E-state index contributed by atoms with van der Waals surface area (Å²) in [6, 6.07) is 0. The van der Waals surface area contributed by atoms with Crippen LogP contribution in [0.1, 0.15) is 20.3 Å². The van der Waals surface area contributed by atoms with Gasteiger partial charge >= 0.3 is 0 Å². The van der Waals surface area contributed by atoms with Gasteiger partial charge in [0.25, 0.3) is 0 Å². The molecule has 0 aliphatic heterocycles. The molecule has 0 heterocycles. The Morgan fingerprint density at radius 3 is 1.25 bits per heavy atom. The van der Waals surface area contributed by atoms with Gasteiger partial charge in [-0.1, -0.05) is 20.3 Å². The molecule has 0 rings (SSSR count). The third-order valence-corrected chi connectivity index (χ3v) is 0. The van der Waals surface area contributed by atoms with E-state index < -0.39 is 0 Å². The van der Waals surface area contributed by atoms with Crippen LogP contribution in [-0.4, -0.2) is 68.9 Å². The van der Waals surface area contributed by atoms with Crippen LogP contribution < -0.4 is 0 Å². The molecule has 0 nitrogen and oxygen atoms in total. The Balaban J connectivity index is 0. The molecule has 0 bridgehead atoms. The minimum Gasteiger partial charge on any atom is -0.0656 e. The van der Waals surface area contributed by atoms with E-state index in [1.54, 1.807) is 0 Å². The van der Waals surface area contributed by atoms with Crippen LogP contribution >= 0.6 is 0 Å². The van der Waals surface area contributed by atoms with E-state index in [0.29, 0.717) is 0 Å². The summed E-state index contributed by atoms with van der Waals surface area (Å²) in [5, 5.41) is 0. The van der Waals surface area contributed by atoms with Crippen molar-refractivity contribution in [2.75, 3.05) is 0 Å². The van der Waals surface area contributed by atoms with Crippen molar-refractivity contribution in [3.63, 3.8) is 0 Å². The van der Waals surface area contributed by atoms with Gasteiger partial charge in [-0.15, -0.1) is 0 Å². The fourth-order valence-electron chi connectivity index (χ4n) is 0. The van der Waals surface area contributed by atoms with Gasteiger partial charge in [0, 0.05) is 68.9 Å². The predicted octanol–water partition coefficient (Wildman–Crippen LogP) is 1.04. The van der Waals surface area contributed by atoms with E-state index in [1.807, 2.05) is 0 Å². The molecule has 0 unspecified atom stereocenters. The van der Waals surface area contributed by atoms with E-state index in [2.05, 4.69) is 13.8 Å². The first-order valence-corrected chi connectivity index (χ1v) is 1.41. The van der Waals surface area contributed by atoms with Gasteiger partial charge in [0.15, 0.2) is 0 Å². The summed E-state index contributed by atoms with van der Waals surface area (Å²) in [7, 11) is 0. The molecule has 0 aromatic rings. The van der Waals surface area contributed by atoms with Gasteiger partial charge in [-0.25, -0.2) is 0 Å². The summed E-state index contributed by atoms with van der Waals surface area (Å²) in [5.74, 6) is 0. The number of rotatable bonds is 0. The minimum absolute atomic E-state index is 0. The summed E-state index contributed by atoms with van der Waals surface area (Å²) >= 11 is 0. The van der Waals surface area contributed by atoms with Crippen LogP contribution in [-0.2, 0) is 0 Å². The average Bonchev–Trinajstić information content (AvgIpc) is 0.918. The van der Waals surface area contributed by atoms with Gasteiger partial charge in [-0.3, -0.25) is 0 Å². The van der Waals surface area contributed by atoms with Crippen molar-refractivity contribution in [1.82, 2.24) is 0 Å². The van der Waals surface area contributed by atoms with Crippen LogP contribution in [0.2, 0.25) is 0 Å². The molecule has 0 aliphatic rings. The Morgan fingerprint density at radius 2 is 1.25 bits per heavy atom. The Morgan fingerprint density at radius 1 is 1.25 bits per heavy atom. The molecule has 0 N–H and O–H groups in total. The van der Waals surface area contributed by atoms with Gasteiger partial charge in [0.05, 0.1) is 0 Å². The van der Waals surface area contributed by atoms with E-state index in [9.17, 15) is 0 Å². The third-order valence-electron chi connectivity index (χ3n) is 0. The maximum absolute atomic E-state index is 2.12. The molecule has 21 valence electrons. The minimum atomic E-state index is 0. The molecule has 1 radical (unpaired) electrons. The molecule has 0 aliphatic carbocycles. The van der Waals surface area contributed by atoms with E-state index in [-0.39, 0.29) is 68.9 Å². The Bertz CT molecular complexity index is 3.25. The quantitative estimate of drug-likeness (QED) is 0.518. The summed E-state index contributed by atoms with van der Waals surface area (Å²) < 4.78 is 0. The molecule has 0 spiro atoms. The second-order valence-electron chi connectivity index (χ2n) is 0.707. The largest absolute Gasteiger partial charge is 0.0656 e. The molecule has 4 heavy (non-hydrogen) atoms. The molecule has 0 saturated carbocycles. The predicted molar refractivity (Wildman–Crippen MR) is 21.7 cm³/mol. The smallest absolute Gasteiger partial charge is 0 e. The molecule has 1 heteroatoms. The fourth-order valence-corrected chi connectivity index (χ4v) is 0. The third kappa shape index (κ3) is 8.96. The van der Waals surface area contributed by atoms with E-state index >= 15 is 0 Å². The summed E-state index contributed by atoms with van der Waals surface area (Å²) in [6.07, 6.45) is 1.25. The topological polar surface area (TPSA) is 0 Å². The van der Waals surface area contributed by atoms with E-state index in [0.717, 1.165) is 0 Å². The summed E-state index contributed by atoms with van der Waals surface area (Å²) in [4.78, 5) is 0. The average molecular weight is 177 g/mol. The Labute approximate surface area is 86.8 Å². The normalized spacial score (nSPS) is 4.50. The van der Waals surface area contributed by atoms with Gasteiger partial charge in [-0.05, 0) is 0 Å². The van der Waals surface area contributed by atoms with Crippen LogP contribution in [0.5, 0.6) is 0 Å². The maximum Gasteiger partial charge on any atom is 0 e. The Hall–Kier alpha value is 2.05. The van der Waals surface area contributed by atoms with Crippen molar-refractivity contribution in [2.24, 2.45) is 0 Å². The first-order chi connectivity index (χ1) is 1.41. The van der Waals surface area contributed by atoms with Crippen LogP contribution in [0.25, 0.3) is 0 Å². The zero-order chi connectivity index (χ0) is 2.71. The Kier molecular flexibility index (Phi) is 20.9. The van der Waals surface area contributed by atoms with Crippen molar-refractivity contribution >= 4 is 68.9 Å². The molecule has 0 aromatic heterocycles. The second kappa shape index (κ2) is 8.90. The zero-order valence-corrected chi connectivity index (χ0v) is 9.99. The second-order valence-corrected chi connectivity index (χ2v) is 0.707. The van der Waals surface area contributed by atoms with Crippen LogP contribution in [0, 0.1) is 0 Å². The standard InChI is InChI=1S/C3H8.Cs/c1-3-2;/h3H2,1-2H3;. The molecule has 0 atom stereocenters. The number of hydrogen-bond acceptors (Lipinski definition) is 0. The fraction of sp³-hybridized carbons (Fsp3) is 1.00. The van der Waals surface area contributed by atoms with Gasteiger partial charge in [0.2, 0.25) is 0 Å². The first kappa shape index (κ1) is 9.41. The first-order valence-electron chi connectivity index (χ1n) is 1.41.